The summed E-state index contributed by atoms with van der Waals surface area (Å²) in [5.74, 6) is -0.983. The zero-order valence-corrected chi connectivity index (χ0v) is 13.8. The van der Waals surface area contributed by atoms with Gasteiger partial charge in [0.05, 0.1) is 12.7 Å². The molecule has 2 amide bonds. The van der Waals surface area contributed by atoms with Gasteiger partial charge in [0.2, 0.25) is 0 Å². The maximum atomic E-state index is 13.6. The van der Waals surface area contributed by atoms with Crippen molar-refractivity contribution in [3.8, 4) is 0 Å². The first-order chi connectivity index (χ1) is 12.1. The zero-order chi connectivity index (χ0) is 17.6. The number of anilines is 1. The van der Waals surface area contributed by atoms with E-state index in [-0.39, 0.29) is 24.3 Å². The highest BCUT2D eigenvalue weighted by atomic mass is 19.1. The van der Waals surface area contributed by atoms with E-state index in [1.54, 1.807) is 4.90 Å². The quantitative estimate of drug-likeness (QED) is 0.902. The molecular formula is C19H20F2N2O2. The van der Waals surface area contributed by atoms with Crippen LogP contribution in [0.2, 0.25) is 0 Å². The number of hydrogen-bond donors (Lipinski definition) is 1. The molecule has 0 spiro atoms. The van der Waals surface area contributed by atoms with Gasteiger partial charge in [-0.25, -0.2) is 13.6 Å². The van der Waals surface area contributed by atoms with Crippen molar-refractivity contribution in [2.24, 2.45) is 0 Å². The van der Waals surface area contributed by atoms with E-state index in [0.717, 1.165) is 36.7 Å². The largest absolute Gasteiger partial charge is 0.372 e. The van der Waals surface area contributed by atoms with Crippen LogP contribution in [0.4, 0.5) is 19.3 Å². The minimum absolute atomic E-state index is 0.0115. The average Bonchev–Trinajstić information content (AvgIpc) is 2.63. The van der Waals surface area contributed by atoms with Crippen LogP contribution in [0.3, 0.4) is 0 Å². The normalized spacial score (nSPS) is 17.4. The van der Waals surface area contributed by atoms with Crippen LogP contribution in [0.1, 0.15) is 18.4 Å². The third-order valence-corrected chi connectivity index (χ3v) is 4.17. The number of piperidine rings is 1. The summed E-state index contributed by atoms with van der Waals surface area (Å²) in [5, 5.41) is 2.84. The highest BCUT2D eigenvalue weighted by Gasteiger charge is 2.24. The fraction of sp³-hybridized carbons (Fsp3) is 0.316. The molecule has 1 heterocycles. The fourth-order valence-corrected chi connectivity index (χ4v) is 2.84. The first-order valence-electron chi connectivity index (χ1n) is 8.28. The van der Waals surface area contributed by atoms with Crippen LogP contribution in [-0.4, -0.2) is 30.1 Å². The highest BCUT2D eigenvalue weighted by molar-refractivity contribution is 5.89. The Labute approximate surface area is 145 Å². The van der Waals surface area contributed by atoms with Crippen molar-refractivity contribution >= 4 is 11.7 Å². The number of ether oxygens (including phenoxy) is 1. The molecule has 1 atom stereocenters. The molecule has 0 unspecified atom stereocenters. The van der Waals surface area contributed by atoms with E-state index >= 15 is 0 Å². The first-order valence-corrected chi connectivity index (χ1v) is 8.28. The number of para-hydroxylation sites is 1. The molecule has 1 saturated heterocycles. The van der Waals surface area contributed by atoms with Gasteiger partial charge in [0, 0.05) is 24.3 Å². The van der Waals surface area contributed by atoms with E-state index in [0.29, 0.717) is 13.1 Å². The predicted molar refractivity (Wildman–Crippen MR) is 91.2 cm³/mol. The van der Waals surface area contributed by atoms with Crippen molar-refractivity contribution in [3.05, 3.63) is 65.7 Å². The average molecular weight is 346 g/mol. The van der Waals surface area contributed by atoms with Gasteiger partial charge in [0.15, 0.2) is 0 Å². The van der Waals surface area contributed by atoms with Crippen LogP contribution in [-0.2, 0) is 11.3 Å². The maximum absolute atomic E-state index is 13.6. The molecule has 0 aliphatic carbocycles. The van der Waals surface area contributed by atoms with E-state index in [4.69, 9.17) is 4.74 Å². The smallest absolute Gasteiger partial charge is 0.321 e. The zero-order valence-electron chi connectivity index (χ0n) is 13.8. The summed E-state index contributed by atoms with van der Waals surface area (Å²) >= 11 is 0. The van der Waals surface area contributed by atoms with Crippen LogP contribution < -0.4 is 5.32 Å². The lowest BCUT2D eigenvalue weighted by Crippen LogP contribution is -2.45. The molecule has 1 N–H and O–H groups in total. The van der Waals surface area contributed by atoms with Gasteiger partial charge >= 0.3 is 6.03 Å². The molecule has 0 radical (unpaired) electrons. The van der Waals surface area contributed by atoms with Gasteiger partial charge in [-0.05, 0) is 43.2 Å². The molecule has 0 bridgehead atoms. The van der Waals surface area contributed by atoms with Crippen molar-refractivity contribution in [2.75, 3.05) is 18.4 Å². The summed E-state index contributed by atoms with van der Waals surface area (Å²) in [7, 11) is 0. The Morgan fingerprint density at radius 3 is 2.80 bits per heavy atom. The van der Waals surface area contributed by atoms with Gasteiger partial charge in [-0.3, -0.25) is 0 Å². The lowest BCUT2D eigenvalue weighted by molar-refractivity contribution is -0.000137. The van der Waals surface area contributed by atoms with E-state index in [1.807, 2.05) is 30.3 Å². The lowest BCUT2D eigenvalue weighted by atomic mass is 10.1. The van der Waals surface area contributed by atoms with Gasteiger partial charge in [-0.2, -0.15) is 0 Å². The summed E-state index contributed by atoms with van der Waals surface area (Å²) in [6.45, 7) is 1.06. The lowest BCUT2D eigenvalue weighted by Gasteiger charge is -2.32. The van der Waals surface area contributed by atoms with E-state index in [9.17, 15) is 13.6 Å². The number of likely N-dealkylation sites (tertiary alicyclic amines) is 1. The summed E-state index contributed by atoms with van der Waals surface area (Å²) in [4.78, 5) is 14.0. The minimum atomic E-state index is -0.493. The van der Waals surface area contributed by atoms with Crippen LogP contribution in [0.5, 0.6) is 0 Å². The van der Waals surface area contributed by atoms with E-state index in [2.05, 4.69) is 5.32 Å². The fourth-order valence-electron chi connectivity index (χ4n) is 2.84. The number of hydrogen-bond acceptors (Lipinski definition) is 2. The Bertz CT molecular complexity index is 725. The first kappa shape index (κ1) is 17.4. The molecule has 25 heavy (non-hydrogen) atoms. The molecule has 1 aliphatic rings. The van der Waals surface area contributed by atoms with Crippen molar-refractivity contribution in [2.45, 2.75) is 25.6 Å². The molecule has 2 aromatic carbocycles. The number of carbonyl (C=O) groups excluding carboxylic acids is 1. The molecule has 3 rings (SSSR count). The SMILES string of the molecule is O=C(Nc1ccccc1)N1CCC[C@@H](OCc2cc(F)ccc2F)C1. The minimum Gasteiger partial charge on any atom is -0.372 e. The van der Waals surface area contributed by atoms with Crippen LogP contribution in [0, 0.1) is 11.6 Å². The van der Waals surface area contributed by atoms with Gasteiger partial charge in [-0.15, -0.1) is 0 Å². The van der Waals surface area contributed by atoms with Crippen molar-refractivity contribution < 1.29 is 18.3 Å². The number of carbonyl (C=O) groups is 1. The number of nitrogens with one attached hydrogen (secondary N) is 1. The second-order valence-corrected chi connectivity index (χ2v) is 6.05. The van der Waals surface area contributed by atoms with Gasteiger partial charge in [-0.1, -0.05) is 18.2 Å². The number of benzene rings is 2. The number of nitrogens with zero attached hydrogens (tertiary/aromatic N) is 1. The number of urea groups is 1. The Morgan fingerprint density at radius 2 is 2.00 bits per heavy atom. The van der Waals surface area contributed by atoms with Gasteiger partial charge < -0.3 is 15.0 Å². The topological polar surface area (TPSA) is 41.6 Å². The summed E-state index contributed by atoms with van der Waals surface area (Å²) < 4.78 is 32.6. The molecule has 0 saturated carbocycles. The molecule has 132 valence electrons. The third-order valence-electron chi connectivity index (χ3n) is 4.17. The molecule has 6 heteroatoms. The molecular weight excluding hydrogens is 326 g/mol. The van der Waals surface area contributed by atoms with Crippen molar-refractivity contribution in [1.82, 2.24) is 4.90 Å². The molecule has 0 aromatic heterocycles. The molecule has 1 fully saturated rings. The Balaban J connectivity index is 1.54. The maximum Gasteiger partial charge on any atom is 0.321 e. The summed E-state index contributed by atoms with van der Waals surface area (Å²) in [6, 6.07) is 12.4. The summed E-state index contributed by atoms with van der Waals surface area (Å²) in [6.07, 6.45) is 1.39. The molecule has 4 nitrogen and oxygen atoms in total. The van der Waals surface area contributed by atoms with Crippen molar-refractivity contribution in [1.29, 1.82) is 0 Å². The van der Waals surface area contributed by atoms with Crippen LogP contribution in [0.25, 0.3) is 0 Å². The highest BCUT2D eigenvalue weighted by Crippen LogP contribution is 2.18. The van der Waals surface area contributed by atoms with Crippen LogP contribution in [0.15, 0.2) is 48.5 Å². The number of amides is 2. The Kier molecular flexibility index (Phi) is 5.60. The van der Waals surface area contributed by atoms with E-state index < -0.39 is 11.6 Å². The van der Waals surface area contributed by atoms with Crippen molar-refractivity contribution in [3.63, 3.8) is 0 Å². The predicted octanol–water partition coefficient (Wildman–Crippen LogP) is 4.18. The second-order valence-electron chi connectivity index (χ2n) is 6.05. The van der Waals surface area contributed by atoms with Crippen LogP contribution >= 0.6 is 0 Å². The number of rotatable bonds is 4. The Morgan fingerprint density at radius 1 is 1.20 bits per heavy atom. The Hall–Kier alpha value is -2.47. The summed E-state index contributed by atoms with van der Waals surface area (Å²) in [5.41, 5.74) is 0.920. The van der Waals surface area contributed by atoms with Gasteiger partial charge in [0.1, 0.15) is 11.6 Å². The number of halogens is 2. The molecule has 2 aromatic rings. The standard InChI is InChI=1S/C19H20F2N2O2/c20-15-8-9-18(21)14(11-15)13-25-17-7-4-10-23(12-17)19(24)22-16-5-2-1-3-6-16/h1-3,5-6,8-9,11,17H,4,7,10,12-13H2,(H,22,24)/t17-/m1/s1. The second kappa shape index (κ2) is 8.07. The third kappa shape index (κ3) is 4.76. The molecule has 1 aliphatic heterocycles. The van der Waals surface area contributed by atoms with E-state index in [1.165, 1.54) is 0 Å². The van der Waals surface area contributed by atoms with Gasteiger partial charge in [0.25, 0.3) is 0 Å². The monoisotopic (exact) mass is 346 g/mol.